The van der Waals surface area contributed by atoms with Gasteiger partial charge in [0, 0.05) is 6.42 Å². The Hall–Kier alpha value is 0.730. The summed E-state index contributed by atoms with van der Waals surface area (Å²) in [6.45, 7) is 2.28. The van der Waals surface area contributed by atoms with E-state index in [2.05, 4.69) is 6.92 Å². The first-order valence-corrected chi connectivity index (χ1v) is 9.05. The first-order chi connectivity index (χ1) is 9.77. The minimum atomic E-state index is -0.153. The van der Waals surface area contributed by atoms with Crippen molar-refractivity contribution in [3.63, 3.8) is 0 Å². The molecule has 0 rings (SSSR count). The topological polar surface area (TPSA) is 43.1 Å². The SMILES string of the molecule is CCCCCCCCCCCCCCCCCC(N)=O.[Ca+2]. The molecule has 120 valence electrons. The fourth-order valence-corrected chi connectivity index (χ4v) is 2.67. The van der Waals surface area contributed by atoms with E-state index in [4.69, 9.17) is 5.73 Å². The summed E-state index contributed by atoms with van der Waals surface area (Å²) in [6.07, 6.45) is 20.9. The second-order valence-corrected chi connectivity index (χ2v) is 6.17. The van der Waals surface area contributed by atoms with Gasteiger partial charge in [0.1, 0.15) is 0 Å². The van der Waals surface area contributed by atoms with Crippen molar-refractivity contribution in [3.8, 4) is 0 Å². The summed E-state index contributed by atoms with van der Waals surface area (Å²) in [5, 5.41) is 0. The number of hydrogen-bond donors (Lipinski definition) is 1. The number of carbonyl (C=O) groups is 1. The molecule has 21 heavy (non-hydrogen) atoms. The zero-order valence-corrected chi connectivity index (χ0v) is 16.7. The molecule has 0 fully saturated rings. The molecule has 0 spiro atoms. The molecule has 0 aliphatic rings. The van der Waals surface area contributed by atoms with Crippen molar-refractivity contribution in [1.82, 2.24) is 0 Å². The zero-order chi connectivity index (χ0) is 14.9. The Kier molecular flexibility index (Phi) is 23.7. The number of nitrogens with two attached hydrogens (primary N) is 1. The van der Waals surface area contributed by atoms with E-state index in [0.29, 0.717) is 6.42 Å². The Bertz CT molecular complexity index is 209. The van der Waals surface area contributed by atoms with Crippen LogP contribution in [0.4, 0.5) is 0 Å². The molecular formula is C18H37CaNO+2. The first-order valence-electron chi connectivity index (χ1n) is 9.05. The summed E-state index contributed by atoms with van der Waals surface area (Å²) in [5.41, 5.74) is 5.11. The predicted octanol–water partition coefficient (Wildman–Crippen LogP) is 5.35. The normalized spacial score (nSPS) is 10.3. The third-order valence-electron chi connectivity index (χ3n) is 4.03. The molecular weight excluding hydrogens is 286 g/mol. The van der Waals surface area contributed by atoms with Crippen molar-refractivity contribution >= 4 is 43.6 Å². The van der Waals surface area contributed by atoms with Crippen molar-refractivity contribution in [2.24, 2.45) is 5.73 Å². The molecule has 1 amide bonds. The van der Waals surface area contributed by atoms with Gasteiger partial charge in [-0.15, -0.1) is 0 Å². The van der Waals surface area contributed by atoms with Gasteiger partial charge in [-0.25, -0.2) is 0 Å². The Balaban J connectivity index is 0. The quantitative estimate of drug-likeness (QED) is 0.302. The maximum absolute atomic E-state index is 10.6. The van der Waals surface area contributed by atoms with Gasteiger partial charge >= 0.3 is 37.7 Å². The number of primary amides is 1. The maximum Gasteiger partial charge on any atom is 2.00 e. The smallest absolute Gasteiger partial charge is 0.370 e. The zero-order valence-electron chi connectivity index (χ0n) is 14.5. The average Bonchev–Trinajstić information content (AvgIpc) is 2.43. The van der Waals surface area contributed by atoms with Crippen molar-refractivity contribution in [2.75, 3.05) is 0 Å². The van der Waals surface area contributed by atoms with Gasteiger partial charge in [0.05, 0.1) is 0 Å². The average molecular weight is 324 g/mol. The van der Waals surface area contributed by atoms with Crippen LogP contribution in [-0.4, -0.2) is 43.6 Å². The Labute approximate surface area is 163 Å². The molecule has 3 heteroatoms. The van der Waals surface area contributed by atoms with Crippen molar-refractivity contribution in [2.45, 2.75) is 110 Å². The summed E-state index contributed by atoms with van der Waals surface area (Å²) in [4.78, 5) is 10.6. The fraction of sp³-hybridized carbons (Fsp3) is 0.944. The van der Waals surface area contributed by atoms with Gasteiger partial charge in [0.15, 0.2) is 0 Å². The first kappa shape index (κ1) is 24.0. The van der Waals surface area contributed by atoms with E-state index in [-0.39, 0.29) is 43.6 Å². The van der Waals surface area contributed by atoms with Crippen LogP contribution in [-0.2, 0) is 4.79 Å². The van der Waals surface area contributed by atoms with Crippen molar-refractivity contribution in [1.29, 1.82) is 0 Å². The van der Waals surface area contributed by atoms with Crippen LogP contribution in [0.15, 0.2) is 0 Å². The van der Waals surface area contributed by atoms with E-state index in [1.165, 1.54) is 89.9 Å². The Morgan fingerprint density at radius 3 is 1.19 bits per heavy atom. The molecule has 0 atom stereocenters. The van der Waals surface area contributed by atoms with Crippen LogP contribution in [0.1, 0.15) is 110 Å². The second kappa shape index (κ2) is 20.7. The van der Waals surface area contributed by atoms with Crippen LogP contribution in [0, 0.1) is 0 Å². The third kappa shape index (κ3) is 23.1. The monoisotopic (exact) mass is 323 g/mol. The van der Waals surface area contributed by atoms with Crippen LogP contribution in [0.25, 0.3) is 0 Å². The molecule has 0 saturated heterocycles. The summed E-state index contributed by atoms with van der Waals surface area (Å²) in [6, 6.07) is 0. The van der Waals surface area contributed by atoms with Crippen molar-refractivity contribution < 1.29 is 4.79 Å². The molecule has 0 aliphatic heterocycles. The maximum atomic E-state index is 10.6. The molecule has 0 unspecified atom stereocenters. The molecule has 2 N–H and O–H groups in total. The number of carbonyl (C=O) groups excluding carboxylic acids is 1. The molecule has 0 radical (unpaired) electrons. The molecule has 2 nitrogen and oxygen atoms in total. The number of hydrogen-bond acceptors (Lipinski definition) is 1. The molecule has 0 heterocycles. The van der Waals surface area contributed by atoms with Gasteiger partial charge in [-0.3, -0.25) is 4.79 Å². The van der Waals surface area contributed by atoms with Gasteiger partial charge in [0.2, 0.25) is 5.91 Å². The summed E-state index contributed by atoms with van der Waals surface area (Å²) < 4.78 is 0. The Morgan fingerprint density at radius 1 is 0.619 bits per heavy atom. The molecule has 0 saturated carbocycles. The second-order valence-electron chi connectivity index (χ2n) is 6.17. The minimum Gasteiger partial charge on any atom is -0.370 e. The largest absolute Gasteiger partial charge is 2.00 e. The molecule has 0 aliphatic carbocycles. The fourth-order valence-electron chi connectivity index (χ4n) is 2.67. The molecule has 0 aromatic heterocycles. The molecule has 0 bridgehead atoms. The molecule has 0 aromatic rings. The van der Waals surface area contributed by atoms with E-state index in [0.717, 1.165) is 6.42 Å². The van der Waals surface area contributed by atoms with Gasteiger partial charge in [-0.2, -0.15) is 0 Å². The van der Waals surface area contributed by atoms with E-state index in [1.807, 2.05) is 0 Å². The molecule has 0 aromatic carbocycles. The Morgan fingerprint density at radius 2 is 0.905 bits per heavy atom. The summed E-state index contributed by atoms with van der Waals surface area (Å²) in [5.74, 6) is -0.153. The van der Waals surface area contributed by atoms with E-state index < -0.39 is 0 Å². The number of amides is 1. The van der Waals surface area contributed by atoms with E-state index in [9.17, 15) is 4.79 Å². The van der Waals surface area contributed by atoms with Crippen LogP contribution in [0.5, 0.6) is 0 Å². The number of rotatable bonds is 16. The predicted molar refractivity (Wildman–Crippen MR) is 94.5 cm³/mol. The van der Waals surface area contributed by atoms with Gasteiger partial charge in [-0.05, 0) is 6.42 Å². The minimum absolute atomic E-state index is 0. The van der Waals surface area contributed by atoms with E-state index in [1.54, 1.807) is 0 Å². The van der Waals surface area contributed by atoms with Crippen molar-refractivity contribution in [3.05, 3.63) is 0 Å². The van der Waals surface area contributed by atoms with E-state index >= 15 is 0 Å². The van der Waals surface area contributed by atoms with Crippen LogP contribution >= 0.6 is 0 Å². The summed E-state index contributed by atoms with van der Waals surface area (Å²) in [7, 11) is 0. The van der Waals surface area contributed by atoms with Gasteiger partial charge in [-0.1, -0.05) is 96.8 Å². The van der Waals surface area contributed by atoms with Crippen LogP contribution in [0.2, 0.25) is 0 Å². The van der Waals surface area contributed by atoms with Crippen LogP contribution < -0.4 is 5.73 Å². The van der Waals surface area contributed by atoms with Crippen LogP contribution in [0.3, 0.4) is 0 Å². The third-order valence-corrected chi connectivity index (χ3v) is 4.03. The van der Waals surface area contributed by atoms with Gasteiger partial charge in [0.25, 0.3) is 0 Å². The standard InChI is InChI=1S/C18H37NO.Ca/c1-2-3-4-5-6-7-8-9-10-11-12-13-14-15-16-17-18(19)20;/h2-17H2,1H3,(H2,19,20);/q;+2. The summed E-state index contributed by atoms with van der Waals surface area (Å²) >= 11 is 0. The van der Waals surface area contributed by atoms with Gasteiger partial charge < -0.3 is 5.73 Å². The number of unbranched alkanes of at least 4 members (excludes halogenated alkanes) is 14.